The van der Waals surface area contributed by atoms with E-state index in [1.807, 2.05) is 7.11 Å². The first-order valence-corrected chi connectivity index (χ1v) is 7.17. The largest absolute Gasteiger partial charge is 0.379 e. The molecule has 0 spiro atoms. The molecule has 0 amide bonds. The molecule has 0 bridgehead atoms. The maximum atomic E-state index is 5.49. The van der Waals surface area contributed by atoms with Crippen LogP contribution in [0.25, 0.3) is 0 Å². The van der Waals surface area contributed by atoms with Crippen molar-refractivity contribution in [2.75, 3.05) is 20.2 Å². The van der Waals surface area contributed by atoms with Crippen molar-refractivity contribution >= 4 is 0 Å². The van der Waals surface area contributed by atoms with Crippen molar-refractivity contribution in [1.82, 2.24) is 5.32 Å². The van der Waals surface area contributed by atoms with Crippen molar-refractivity contribution in [2.45, 2.75) is 65.9 Å². The van der Waals surface area contributed by atoms with E-state index in [1.165, 1.54) is 19.3 Å². The van der Waals surface area contributed by atoms with Crippen LogP contribution in [0.15, 0.2) is 0 Å². The summed E-state index contributed by atoms with van der Waals surface area (Å²) in [4.78, 5) is 0. The predicted molar refractivity (Wildman–Crippen MR) is 76.4 cm³/mol. The molecule has 0 aliphatic heterocycles. The minimum absolute atomic E-state index is 0.0318. The molecular weight excluding hydrogens is 210 g/mol. The molecule has 0 aromatic heterocycles. The number of ether oxygens (including phenoxy) is 1. The Labute approximate surface area is 109 Å². The predicted octanol–water partition coefficient (Wildman–Crippen LogP) is 3.85. The zero-order chi connectivity index (χ0) is 13.3. The van der Waals surface area contributed by atoms with E-state index in [2.05, 4.69) is 39.9 Å². The van der Waals surface area contributed by atoms with Crippen LogP contribution in [0.3, 0.4) is 0 Å². The van der Waals surface area contributed by atoms with Crippen molar-refractivity contribution < 1.29 is 4.74 Å². The van der Waals surface area contributed by atoms with Crippen LogP contribution in [0.5, 0.6) is 0 Å². The molecule has 17 heavy (non-hydrogen) atoms. The Hall–Kier alpha value is -0.0800. The minimum Gasteiger partial charge on any atom is -0.379 e. The van der Waals surface area contributed by atoms with Gasteiger partial charge in [-0.2, -0.15) is 0 Å². The van der Waals surface area contributed by atoms with E-state index >= 15 is 0 Å². The molecule has 2 nitrogen and oxygen atoms in total. The normalized spacial score (nSPS) is 14.3. The molecule has 0 aromatic carbocycles. The molecular formula is C15H33NO. The highest BCUT2D eigenvalue weighted by atomic mass is 16.5. The third-order valence-corrected chi connectivity index (χ3v) is 3.39. The lowest BCUT2D eigenvalue weighted by atomic mass is 9.91. The Morgan fingerprint density at radius 2 is 1.76 bits per heavy atom. The summed E-state index contributed by atoms with van der Waals surface area (Å²) in [5, 5.41) is 3.58. The highest BCUT2D eigenvalue weighted by Gasteiger charge is 2.18. The van der Waals surface area contributed by atoms with E-state index in [9.17, 15) is 0 Å². The number of nitrogens with one attached hydrogen (secondary N) is 1. The van der Waals surface area contributed by atoms with E-state index in [1.54, 1.807) is 0 Å². The lowest BCUT2D eigenvalue weighted by Gasteiger charge is -2.26. The fraction of sp³-hybridized carbons (Fsp3) is 1.00. The second-order valence-corrected chi connectivity index (χ2v) is 6.21. The van der Waals surface area contributed by atoms with Crippen LogP contribution in [-0.4, -0.2) is 25.8 Å². The molecule has 0 saturated heterocycles. The zero-order valence-corrected chi connectivity index (χ0v) is 12.8. The van der Waals surface area contributed by atoms with E-state index in [0.717, 1.165) is 31.3 Å². The van der Waals surface area contributed by atoms with Gasteiger partial charge in [-0.3, -0.25) is 0 Å². The van der Waals surface area contributed by atoms with Crippen LogP contribution in [-0.2, 0) is 4.74 Å². The topological polar surface area (TPSA) is 21.3 Å². The Balaban J connectivity index is 3.89. The van der Waals surface area contributed by atoms with Gasteiger partial charge in [-0.05, 0) is 58.0 Å². The Kier molecular flexibility index (Phi) is 8.89. The first-order chi connectivity index (χ1) is 7.91. The Morgan fingerprint density at radius 1 is 1.12 bits per heavy atom. The molecule has 2 heteroatoms. The molecule has 0 saturated carbocycles. The summed E-state index contributed by atoms with van der Waals surface area (Å²) in [7, 11) is 1.81. The standard InChI is InChI=1S/C15H33NO/c1-7-8-14(12-16-11-13(2)3)9-10-15(4,5)17-6/h13-14,16H,7-12H2,1-6H3. The van der Waals surface area contributed by atoms with E-state index in [0.29, 0.717) is 0 Å². The highest BCUT2D eigenvalue weighted by molar-refractivity contribution is 4.72. The summed E-state index contributed by atoms with van der Waals surface area (Å²) in [6.45, 7) is 13.4. The van der Waals surface area contributed by atoms with Gasteiger partial charge < -0.3 is 10.1 Å². The average Bonchev–Trinajstić information content (AvgIpc) is 2.25. The summed E-state index contributed by atoms with van der Waals surface area (Å²) in [6.07, 6.45) is 5.02. The van der Waals surface area contributed by atoms with Gasteiger partial charge in [-0.25, -0.2) is 0 Å². The van der Waals surface area contributed by atoms with Crippen molar-refractivity contribution in [2.24, 2.45) is 11.8 Å². The first kappa shape index (κ1) is 16.9. The van der Waals surface area contributed by atoms with Gasteiger partial charge in [0.2, 0.25) is 0 Å². The molecule has 0 aliphatic carbocycles. The van der Waals surface area contributed by atoms with Gasteiger partial charge in [0.1, 0.15) is 0 Å². The molecule has 0 heterocycles. The van der Waals surface area contributed by atoms with Crippen LogP contribution in [0.1, 0.15) is 60.3 Å². The number of methoxy groups -OCH3 is 1. The number of rotatable bonds is 10. The lowest BCUT2D eigenvalue weighted by molar-refractivity contribution is 0.0100. The van der Waals surface area contributed by atoms with Gasteiger partial charge in [-0.1, -0.05) is 27.2 Å². The maximum absolute atomic E-state index is 5.49. The highest BCUT2D eigenvalue weighted by Crippen LogP contribution is 2.21. The smallest absolute Gasteiger partial charge is 0.0622 e. The van der Waals surface area contributed by atoms with E-state index in [-0.39, 0.29) is 5.60 Å². The molecule has 1 unspecified atom stereocenters. The summed E-state index contributed by atoms with van der Waals surface area (Å²) in [5.74, 6) is 1.54. The molecule has 0 aliphatic rings. The monoisotopic (exact) mass is 243 g/mol. The zero-order valence-electron chi connectivity index (χ0n) is 12.8. The van der Waals surface area contributed by atoms with Gasteiger partial charge in [-0.15, -0.1) is 0 Å². The van der Waals surface area contributed by atoms with Crippen LogP contribution in [0.2, 0.25) is 0 Å². The molecule has 104 valence electrons. The molecule has 0 rings (SSSR count). The summed E-state index contributed by atoms with van der Waals surface area (Å²) in [6, 6.07) is 0. The van der Waals surface area contributed by atoms with Crippen molar-refractivity contribution in [3.05, 3.63) is 0 Å². The van der Waals surface area contributed by atoms with Crippen molar-refractivity contribution in [3.63, 3.8) is 0 Å². The second-order valence-electron chi connectivity index (χ2n) is 6.21. The molecule has 0 fully saturated rings. The van der Waals surface area contributed by atoms with E-state index in [4.69, 9.17) is 4.74 Å². The Morgan fingerprint density at radius 3 is 2.24 bits per heavy atom. The molecule has 0 radical (unpaired) electrons. The number of hydrogen-bond acceptors (Lipinski definition) is 2. The third kappa shape index (κ3) is 9.61. The molecule has 1 N–H and O–H groups in total. The van der Waals surface area contributed by atoms with Crippen LogP contribution in [0, 0.1) is 11.8 Å². The van der Waals surface area contributed by atoms with Crippen molar-refractivity contribution in [3.8, 4) is 0 Å². The average molecular weight is 243 g/mol. The number of hydrogen-bond donors (Lipinski definition) is 1. The maximum Gasteiger partial charge on any atom is 0.0622 e. The SMILES string of the molecule is CCCC(CCC(C)(C)OC)CNCC(C)C. The summed E-state index contributed by atoms with van der Waals surface area (Å²) < 4.78 is 5.49. The van der Waals surface area contributed by atoms with Crippen molar-refractivity contribution in [1.29, 1.82) is 0 Å². The van der Waals surface area contributed by atoms with Crippen LogP contribution in [0.4, 0.5) is 0 Å². The quantitative estimate of drug-likeness (QED) is 0.629. The van der Waals surface area contributed by atoms with Crippen LogP contribution < -0.4 is 5.32 Å². The minimum atomic E-state index is 0.0318. The fourth-order valence-electron chi connectivity index (χ4n) is 1.99. The van der Waals surface area contributed by atoms with Gasteiger partial charge in [0, 0.05) is 7.11 Å². The Bertz CT molecular complexity index is 178. The first-order valence-electron chi connectivity index (χ1n) is 7.17. The van der Waals surface area contributed by atoms with Crippen LogP contribution >= 0.6 is 0 Å². The van der Waals surface area contributed by atoms with Gasteiger partial charge in [0.25, 0.3) is 0 Å². The molecule has 0 aromatic rings. The van der Waals surface area contributed by atoms with Gasteiger partial charge in [0.15, 0.2) is 0 Å². The summed E-state index contributed by atoms with van der Waals surface area (Å²) in [5.41, 5.74) is 0.0318. The summed E-state index contributed by atoms with van der Waals surface area (Å²) >= 11 is 0. The van der Waals surface area contributed by atoms with Gasteiger partial charge in [0.05, 0.1) is 5.60 Å². The fourth-order valence-corrected chi connectivity index (χ4v) is 1.99. The van der Waals surface area contributed by atoms with E-state index < -0.39 is 0 Å². The second kappa shape index (κ2) is 8.93. The van der Waals surface area contributed by atoms with Gasteiger partial charge >= 0.3 is 0 Å². The third-order valence-electron chi connectivity index (χ3n) is 3.39. The lowest BCUT2D eigenvalue weighted by Crippen LogP contribution is -2.29. The molecule has 1 atom stereocenters.